The topological polar surface area (TPSA) is 92.9 Å². The number of nitriles is 1. The predicted molar refractivity (Wildman–Crippen MR) is 77.5 cm³/mol. The molecule has 6 heteroatoms. The van der Waals surface area contributed by atoms with Gasteiger partial charge in [-0.05, 0) is 25.1 Å². The number of thiophene rings is 1. The van der Waals surface area contributed by atoms with Gasteiger partial charge in [0.15, 0.2) is 0 Å². The monoisotopic (exact) mass is 283 g/mol. The SMILES string of the molecule is Cc1sc2nc(-c3cccc(C#N)c3)oc(=O)c2c1N. The standard InChI is InChI=1S/C14H9N3O2S/c1-7-11(16)10-13(20-7)17-12(19-14(10)18)9-4-2-3-8(5-9)6-15/h2-5H,16H2,1H3. The highest BCUT2D eigenvalue weighted by molar-refractivity contribution is 7.19. The van der Waals surface area contributed by atoms with Crippen LogP contribution in [0, 0.1) is 18.3 Å². The molecule has 0 aliphatic heterocycles. The van der Waals surface area contributed by atoms with E-state index in [1.54, 1.807) is 24.3 Å². The molecule has 2 aromatic heterocycles. The van der Waals surface area contributed by atoms with Crippen LogP contribution in [0.2, 0.25) is 0 Å². The van der Waals surface area contributed by atoms with Gasteiger partial charge in [-0.1, -0.05) is 6.07 Å². The maximum absolute atomic E-state index is 12.0. The van der Waals surface area contributed by atoms with Crippen LogP contribution >= 0.6 is 11.3 Å². The van der Waals surface area contributed by atoms with Crippen LogP contribution < -0.4 is 11.4 Å². The lowest BCUT2D eigenvalue weighted by Crippen LogP contribution is -2.03. The van der Waals surface area contributed by atoms with Gasteiger partial charge in [0, 0.05) is 10.4 Å². The van der Waals surface area contributed by atoms with Crippen molar-refractivity contribution in [3.8, 4) is 17.5 Å². The van der Waals surface area contributed by atoms with Crippen molar-refractivity contribution in [1.29, 1.82) is 5.26 Å². The Bertz CT molecular complexity index is 918. The fraction of sp³-hybridized carbons (Fsp3) is 0.0714. The van der Waals surface area contributed by atoms with E-state index in [-0.39, 0.29) is 5.89 Å². The lowest BCUT2D eigenvalue weighted by molar-refractivity contribution is 0.519. The molecule has 3 aromatic rings. The number of nitrogens with two attached hydrogens (primary N) is 1. The van der Waals surface area contributed by atoms with E-state index in [9.17, 15) is 4.79 Å². The van der Waals surface area contributed by atoms with Crippen molar-refractivity contribution in [2.75, 3.05) is 5.73 Å². The number of hydrogen-bond acceptors (Lipinski definition) is 6. The second-order valence-corrected chi connectivity index (χ2v) is 5.45. The summed E-state index contributed by atoms with van der Waals surface area (Å²) >= 11 is 1.35. The first-order valence-corrected chi connectivity index (χ1v) is 6.62. The van der Waals surface area contributed by atoms with E-state index < -0.39 is 5.63 Å². The summed E-state index contributed by atoms with van der Waals surface area (Å²) in [5, 5.41) is 9.22. The molecule has 2 heterocycles. The van der Waals surface area contributed by atoms with E-state index in [0.29, 0.717) is 27.0 Å². The molecule has 0 bridgehead atoms. The largest absolute Gasteiger partial charge is 0.403 e. The molecule has 0 aliphatic carbocycles. The smallest absolute Gasteiger partial charge is 0.350 e. The van der Waals surface area contributed by atoms with Crippen LogP contribution in [0.25, 0.3) is 21.7 Å². The van der Waals surface area contributed by atoms with Crippen LogP contribution in [0.15, 0.2) is 33.5 Å². The molecule has 0 aliphatic rings. The van der Waals surface area contributed by atoms with E-state index >= 15 is 0 Å². The number of anilines is 1. The summed E-state index contributed by atoms with van der Waals surface area (Å²) in [7, 11) is 0. The minimum absolute atomic E-state index is 0.195. The van der Waals surface area contributed by atoms with Gasteiger partial charge in [-0.25, -0.2) is 9.78 Å². The van der Waals surface area contributed by atoms with E-state index in [4.69, 9.17) is 15.4 Å². The molecule has 2 N–H and O–H groups in total. The number of hydrogen-bond donors (Lipinski definition) is 1. The summed E-state index contributed by atoms with van der Waals surface area (Å²) in [4.78, 5) is 17.7. The van der Waals surface area contributed by atoms with E-state index in [2.05, 4.69) is 4.98 Å². The maximum Gasteiger partial charge on any atom is 0.350 e. The fourth-order valence-electron chi connectivity index (χ4n) is 1.92. The highest BCUT2D eigenvalue weighted by Gasteiger charge is 2.15. The highest BCUT2D eigenvalue weighted by atomic mass is 32.1. The molecular formula is C14H9N3O2S. The summed E-state index contributed by atoms with van der Waals surface area (Å²) in [5.41, 5.74) is 6.83. The van der Waals surface area contributed by atoms with Crippen LogP contribution in [-0.4, -0.2) is 4.98 Å². The van der Waals surface area contributed by atoms with Crippen LogP contribution in [0.1, 0.15) is 10.4 Å². The lowest BCUT2D eigenvalue weighted by atomic mass is 10.1. The Kier molecular flexibility index (Phi) is 2.77. The zero-order chi connectivity index (χ0) is 14.3. The summed E-state index contributed by atoms with van der Waals surface area (Å²) in [6.07, 6.45) is 0. The number of nitrogen functional groups attached to an aromatic ring is 1. The number of rotatable bonds is 1. The van der Waals surface area contributed by atoms with Crippen molar-refractivity contribution in [3.05, 3.63) is 45.1 Å². The molecule has 5 nitrogen and oxygen atoms in total. The molecule has 98 valence electrons. The molecule has 20 heavy (non-hydrogen) atoms. The number of aryl methyl sites for hydroxylation is 1. The van der Waals surface area contributed by atoms with Crippen LogP contribution in [0.3, 0.4) is 0 Å². The Morgan fingerprint density at radius 3 is 3.00 bits per heavy atom. The Labute approximate surface area is 117 Å². The summed E-state index contributed by atoms with van der Waals surface area (Å²) in [6.45, 7) is 1.83. The average molecular weight is 283 g/mol. The van der Waals surface area contributed by atoms with Gasteiger partial charge in [-0.3, -0.25) is 0 Å². The van der Waals surface area contributed by atoms with Crippen LogP contribution in [0.4, 0.5) is 5.69 Å². The Hall–Kier alpha value is -2.65. The summed E-state index contributed by atoms with van der Waals surface area (Å²) < 4.78 is 5.22. The third-order valence-electron chi connectivity index (χ3n) is 2.95. The molecule has 1 aromatic carbocycles. The third-order valence-corrected chi connectivity index (χ3v) is 3.96. The van der Waals surface area contributed by atoms with E-state index in [0.717, 1.165) is 4.88 Å². The van der Waals surface area contributed by atoms with Gasteiger partial charge in [-0.2, -0.15) is 5.26 Å². The summed E-state index contributed by atoms with van der Waals surface area (Å²) in [5.74, 6) is 0.195. The molecule has 3 rings (SSSR count). The zero-order valence-corrected chi connectivity index (χ0v) is 11.3. The molecule has 0 unspecified atom stereocenters. The molecule has 0 fully saturated rings. The van der Waals surface area contributed by atoms with Crippen molar-refractivity contribution in [3.63, 3.8) is 0 Å². The van der Waals surface area contributed by atoms with Crippen molar-refractivity contribution in [2.24, 2.45) is 0 Å². The molecule has 0 saturated carbocycles. The maximum atomic E-state index is 12.0. The second-order valence-electron chi connectivity index (χ2n) is 4.25. The Morgan fingerprint density at radius 2 is 2.25 bits per heavy atom. The van der Waals surface area contributed by atoms with Crippen molar-refractivity contribution in [2.45, 2.75) is 6.92 Å². The molecular weight excluding hydrogens is 274 g/mol. The zero-order valence-electron chi connectivity index (χ0n) is 10.5. The van der Waals surface area contributed by atoms with E-state index in [1.807, 2.05) is 13.0 Å². The Morgan fingerprint density at radius 1 is 1.45 bits per heavy atom. The van der Waals surface area contributed by atoms with Gasteiger partial charge in [0.2, 0.25) is 5.89 Å². The average Bonchev–Trinajstić information content (AvgIpc) is 2.74. The quantitative estimate of drug-likeness (QED) is 0.741. The van der Waals surface area contributed by atoms with Gasteiger partial charge < -0.3 is 10.2 Å². The first-order valence-electron chi connectivity index (χ1n) is 5.80. The van der Waals surface area contributed by atoms with Crippen LogP contribution in [-0.2, 0) is 0 Å². The number of fused-ring (bicyclic) bond motifs is 1. The van der Waals surface area contributed by atoms with Gasteiger partial charge >= 0.3 is 5.63 Å². The van der Waals surface area contributed by atoms with Gasteiger partial charge in [0.1, 0.15) is 10.2 Å². The predicted octanol–water partition coefficient (Wildman–Crippen LogP) is 2.68. The van der Waals surface area contributed by atoms with Crippen molar-refractivity contribution < 1.29 is 4.42 Å². The number of aromatic nitrogens is 1. The van der Waals surface area contributed by atoms with Crippen molar-refractivity contribution >= 4 is 27.2 Å². The molecule has 0 saturated heterocycles. The Balaban J connectivity index is 2.28. The number of nitrogens with zero attached hydrogens (tertiary/aromatic N) is 2. The highest BCUT2D eigenvalue weighted by Crippen LogP contribution is 2.30. The van der Waals surface area contributed by atoms with E-state index in [1.165, 1.54) is 11.3 Å². The minimum Gasteiger partial charge on any atom is -0.403 e. The van der Waals surface area contributed by atoms with Crippen LogP contribution in [0.5, 0.6) is 0 Å². The lowest BCUT2D eigenvalue weighted by Gasteiger charge is -1.99. The van der Waals surface area contributed by atoms with Gasteiger partial charge in [0.05, 0.1) is 17.3 Å². The third kappa shape index (κ3) is 1.85. The van der Waals surface area contributed by atoms with Crippen molar-refractivity contribution in [1.82, 2.24) is 4.98 Å². The number of benzene rings is 1. The second kappa shape index (κ2) is 4.47. The first-order chi connectivity index (χ1) is 9.60. The molecule has 0 spiro atoms. The first kappa shape index (κ1) is 12.4. The molecule has 0 atom stereocenters. The summed E-state index contributed by atoms with van der Waals surface area (Å²) in [6, 6.07) is 8.79. The van der Waals surface area contributed by atoms with Gasteiger partial charge in [-0.15, -0.1) is 11.3 Å². The normalized spacial score (nSPS) is 10.6. The fourth-order valence-corrected chi connectivity index (χ4v) is 2.84. The minimum atomic E-state index is -0.505. The molecule has 0 amide bonds. The van der Waals surface area contributed by atoms with Gasteiger partial charge in [0.25, 0.3) is 0 Å². The molecule has 0 radical (unpaired) electrons.